The molecule has 0 aliphatic carbocycles. The van der Waals surface area contributed by atoms with Crippen LogP contribution in [0, 0.1) is 0 Å². The van der Waals surface area contributed by atoms with E-state index < -0.39 is 0 Å². The summed E-state index contributed by atoms with van der Waals surface area (Å²) in [6.45, 7) is 5.27. The SMILES string of the molecule is COc1ccccc1-c1ccc(=O)n(CN2CCN(Cc3ccccc3)CC2)n1. The van der Waals surface area contributed by atoms with Gasteiger partial charge in [-0.25, -0.2) is 4.68 Å². The summed E-state index contributed by atoms with van der Waals surface area (Å²) >= 11 is 0. The average molecular weight is 390 g/mol. The number of hydrogen-bond donors (Lipinski definition) is 0. The Kier molecular flexibility index (Phi) is 6.03. The monoisotopic (exact) mass is 390 g/mol. The Morgan fingerprint density at radius 1 is 0.862 bits per heavy atom. The number of benzene rings is 2. The van der Waals surface area contributed by atoms with E-state index in [-0.39, 0.29) is 5.56 Å². The maximum atomic E-state index is 12.4. The van der Waals surface area contributed by atoms with Gasteiger partial charge in [0.1, 0.15) is 5.75 Å². The fourth-order valence-electron chi connectivity index (χ4n) is 3.67. The number of rotatable bonds is 6. The third-order valence-electron chi connectivity index (χ3n) is 5.30. The zero-order chi connectivity index (χ0) is 20.1. The van der Waals surface area contributed by atoms with Gasteiger partial charge < -0.3 is 4.74 Å². The molecule has 29 heavy (non-hydrogen) atoms. The highest BCUT2D eigenvalue weighted by Crippen LogP contribution is 2.27. The standard InChI is InChI=1S/C23H26N4O2/c1-29-22-10-6-5-9-20(22)21-11-12-23(28)27(24-21)18-26-15-13-25(14-16-26)17-19-7-3-2-4-8-19/h2-12H,13-18H2,1H3. The van der Waals surface area contributed by atoms with E-state index in [4.69, 9.17) is 4.74 Å². The highest BCUT2D eigenvalue weighted by molar-refractivity contribution is 5.66. The minimum atomic E-state index is -0.0876. The van der Waals surface area contributed by atoms with Crippen molar-refractivity contribution in [3.05, 3.63) is 82.6 Å². The van der Waals surface area contributed by atoms with Crippen LogP contribution in [-0.4, -0.2) is 52.9 Å². The number of para-hydroxylation sites is 1. The van der Waals surface area contributed by atoms with Gasteiger partial charge >= 0.3 is 0 Å². The lowest BCUT2D eigenvalue weighted by Crippen LogP contribution is -2.47. The van der Waals surface area contributed by atoms with Crippen molar-refractivity contribution >= 4 is 0 Å². The van der Waals surface area contributed by atoms with Crippen molar-refractivity contribution in [1.29, 1.82) is 0 Å². The second kappa shape index (κ2) is 9.03. The van der Waals surface area contributed by atoms with Gasteiger partial charge in [-0.15, -0.1) is 0 Å². The number of methoxy groups -OCH3 is 1. The Morgan fingerprint density at radius 3 is 2.31 bits per heavy atom. The molecule has 0 saturated carbocycles. The first-order valence-electron chi connectivity index (χ1n) is 9.93. The Labute approximate surface area is 171 Å². The summed E-state index contributed by atoms with van der Waals surface area (Å²) in [5, 5.41) is 4.60. The van der Waals surface area contributed by atoms with Crippen LogP contribution >= 0.6 is 0 Å². The fourth-order valence-corrected chi connectivity index (χ4v) is 3.67. The van der Waals surface area contributed by atoms with Crippen LogP contribution in [0.5, 0.6) is 5.75 Å². The molecule has 150 valence electrons. The van der Waals surface area contributed by atoms with Gasteiger partial charge in [-0.2, -0.15) is 5.10 Å². The molecule has 2 aromatic carbocycles. The molecule has 1 aromatic heterocycles. The molecule has 4 rings (SSSR count). The van der Waals surface area contributed by atoms with E-state index in [9.17, 15) is 4.79 Å². The number of ether oxygens (including phenoxy) is 1. The minimum absolute atomic E-state index is 0.0876. The van der Waals surface area contributed by atoms with Gasteiger partial charge in [0.25, 0.3) is 5.56 Å². The molecule has 0 N–H and O–H groups in total. The molecular formula is C23H26N4O2. The topological polar surface area (TPSA) is 50.6 Å². The molecule has 0 spiro atoms. The maximum absolute atomic E-state index is 12.4. The molecule has 1 fully saturated rings. The lowest BCUT2D eigenvalue weighted by Gasteiger charge is -2.34. The summed E-state index contributed by atoms with van der Waals surface area (Å²) in [4.78, 5) is 17.1. The number of nitrogens with zero attached hydrogens (tertiary/aromatic N) is 4. The molecular weight excluding hydrogens is 364 g/mol. The third-order valence-corrected chi connectivity index (χ3v) is 5.30. The second-order valence-corrected chi connectivity index (χ2v) is 7.28. The van der Waals surface area contributed by atoms with Crippen molar-refractivity contribution in [3.63, 3.8) is 0 Å². The molecule has 0 radical (unpaired) electrons. The van der Waals surface area contributed by atoms with E-state index in [0.717, 1.165) is 49.7 Å². The van der Waals surface area contributed by atoms with Gasteiger partial charge in [0, 0.05) is 44.4 Å². The normalized spacial score (nSPS) is 15.3. The highest BCUT2D eigenvalue weighted by Gasteiger charge is 2.18. The van der Waals surface area contributed by atoms with Crippen LogP contribution in [0.3, 0.4) is 0 Å². The Hall–Kier alpha value is -2.96. The van der Waals surface area contributed by atoms with Gasteiger partial charge in [-0.3, -0.25) is 14.6 Å². The Balaban J connectivity index is 1.42. The van der Waals surface area contributed by atoms with Crippen LogP contribution < -0.4 is 10.3 Å². The van der Waals surface area contributed by atoms with Crippen molar-refractivity contribution in [1.82, 2.24) is 19.6 Å². The second-order valence-electron chi connectivity index (χ2n) is 7.28. The predicted octanol–water partition coefficient (Wildman–Crippen LogP) is 2.69. The summed E-state index contributed by atoms with van der Waals surface area (Å²) in [6, 6.07) is 21.6. The first kappa shape index (κ1) is 19.4. The molecule has 0 amide bonds. The molecule has 0 atom stereocenters. The van der Waals surface area contributed by atoms with Gasteiger partial charge in [0.05, 0.1) is 19.5 Å². The van der Waals surface area contributed by atoms with Crippen LogP contribution in [0.2, 0.25) is 0 Å². The third kappa shape index (κ3) is 4.72. The summed E-state index contributed by atoms with van der Waals surface area (Å²) in [7, 11) is 1.64. The molecule has 6 heteroatoms. The van der Waals surface area contributed by atoms with Crippen LogP contribution in [0.1, 0.15) is 5.56 Å². The van der Waals surface area contributed by atoms with E-state index in [0.29, 0.717) is 6.67 Å². The highest BCUT2D eigenvalue weighted by atomic mass is 16.5. The van der Waals surface area contributed by atoms with E-state index in [2.05, 4.69) is 39.2 Å². The molecule has 1 aliphatic rings. The van der Waals surface area contributed by atoms with Crippen molar-refractivity contribution in [2.45, 2.75) is 13.2 Å². The summed E-state index contributed by atoms with van der Waals surface area (Å²) in [5.74, 6) is 0.750. The average Bonchev–Trinajstić information content (AvgIpc) is 2.77. The van der Waals surface area contributed by atoms with Crippen LogP contribution in [0.25, 0.3) is 11.3 Å². The van der Waals surface area contributed by atoms with Crippen molar-refractivity contribution in [2.75, 3.05) is 33.3 Å². The summed E-state index contributed by atoms with van der Waals surface area (Å²) < 4.78 is 6.99. The largest absolute Gasteiger partial charge is 0.496 e. The fraction of sp³-hybridized carbons (Fsp3) is 0.304. The van der Waals surface area contributed by atoms with Crippen molar-refractivity contribution < 1.29 is 4.74 Å². The van der Waals surface area contributed by atoms with Crippen LogP contribution in [-0.2, 0) is 13.2 Å². The van der Waals surface area contributed by atoms with E-state index in [1.165, 1.54) is 5.56 Å². The van der Waals surface area contributed by atoms with Gasteiger partial charge in [-0.1, -0.05) is 42.5 Å². The minimum Gasteiger partial charge on any atom is -0.496 e. The predicted molar refractivity (Wildman–Crippen MR) is 114 cm³/mol. The molecule has 0 unspecified atom stereocenters. The van der Waals surface area contributed by atoms with E-state index >= 15 is 0 Å². The zero-order valence-corrected chi connectivity index (χ0v) is 16.7. The van der Waals surface area contributed by atoms with E-state index in [1.54, 1.807) is 23.9 Å². The van der Waals surface area contributed by atoms with E-state index in [1.807, 2.05) is 30.3 Å². The molecule has 0 bridgehead atoms. The summed E-state index contributed by atoms with van der Waals surface area (Å²) in [5.41, 5.74) is 2.87. The molecule has 2 heterocycles. The number of hydrogen-bond acceptors (Lipinski definition) is 5. The lowest BCUT2D eigenvalue weighted by molar-refractivity contribution is 0.0971. The zero-order valence-electron chi connectivity index (χ0n) is 16.7. The summed E-state index contributed by atoms with van der Waals surface area (Å²) in [6.07, 6.45) is 0. The van der Waals surface area contributed by atoms with Crippen LogP contribution in [0.4, 0.5) is 0 Å². The quantitative estimate of drug-likeness (QED) is 0.648. The van der Waals surface area contributed by atoms with Gasteiger partial charge in [-0.05, 0) is 23.8 Å². The van der Waals surface area contributed by atoms with Crippen molar-refractivity contribution in [2.24, 2.45) is 0 Å². The molecule has 1 aliphatic heterocycles. The first-order valence-corrected chi connectivity index (χ1v) is 9.93. The van der Waals surface area contributed by atoms with Crippen LogP contribution in [0.15, 0.2) is 71.5 Å². The van der Waals surface area contributed by atoms with Gasteiger partial charge in [0.2, 0.25) is 0 Å². The molecule has 3 aromatic rings. The lowest BCUT2D eigenvalue weighted by atomic mass is 10.1. The Morgan fingerprint density at radius 2 is 1.55 bits per heavy atom. The first-order chi connectivity index (χ1) is 14.2. The maximum Gasteiger partial charge on any atom is 0.268 e. The smallest absolute Gasteiger partial charge is 0.268 e. The number of aromatic nitrogens is 2. The Bertz CT molecular complexity index is 995. The molecule has 1 saturated heterocycles. The van der Waals surface area contributed by atoms with Gasteiger partial charge in [0.15, 0.2) is 0 Å². The number of piperazine rings is 1. The van der Waals surface area contributed by atoms with Crippen molar-refractivity contribution in [3.8, 4) is 17.0 Å². The molecule has 6 nitrogen and oxygen atoms in total.